The van der Waals surface area contributed by atoms with E-state index in [0.29, 0.717) is 23.4 Å². The molecule has 6 rings (SSSR count). The number of hydrogen-bond donors (Lipinski definition) is 2. The van der Waals surface area contributed by atoms with Crippen LogP contribution >= 0.6 is 11.8 Å². The normalized spacial score (nSPS) is 24.7. The topological polar surface area (TPSA) is 103 Å². The maximum absolute atomic E-state index is 14.5. The maximum Gasteiger partial charge on any atom is 0.294 e. The van der Waals surface area contributed by atoms with E-state index >= 15 is 0 Å². The third-order valence-corrected chi connectivity index (χ3v) is 9.23. The Kier molecular flexibility index (Phi) is 7.17. The van der Waals surface area contributed by atoms with Gasteiger partial charge in [0.25, 0.3) is 5.91 Å². The van der Waals surface area contributed by atoms with Gasteiger partial charge in [-0.2, -0.15) is 11.8 Å². The van der Waals surface area contributed by atoms with Crippen LogP contribution in [-0.2, 0) is 31.3 Å². The summed E-state index contributed by atoms with van der Waals surface area (Å²) < 4.78 is 0. The van der Waals surface area contributed by atoms with Crippen molar-refractivity contribution in [3.8, 4) is 0 Å². The Hall–Kier alpha value is -3.95. The Morgan fingerprint density at radius 1 is 0.927 bits per heavy atom. The van der Waals surface area contributed by atoms with Crippen molar-refractivity contribution in [1.82, 2.24) is 4.90 Å². The predicted molar refractivity (Wildman–Crippen MR) is 158 cm³/mol. The number of para-hydroxylation sites is 1. The van der Waals surface area contributed by atoms with Gasteiger partial charge >= 0.3 is 0 Å². The Bertz CT molecular complexity index is 1510. The van der Waals surface area contributed by atoms with Crippen LogP contribution in [0.1, 0.15) is 23.1 Å². The second-order valence-corrected chi connectivity index (χ2v) is 12.0. The number of thioether (sulfide) groups is 1. The summed E-state index contributed by atoms with van der Waals surface area (Å²) in [4.78, 5) is 58.6. The molecule has 0 saturated carbocycles. The van der Waals surface area contributed by atoms with Crippen molar-refractivity contribution in [3.05, 3.63) is 95.6 Å². The van der Waals surface area contributed by atoms with Crippen molar-refractivity contribution >= 4 is 46.8 Å². The summed E-state index contributed by atoms with van der Waals surface area (Å²) in [6, 6.07) is 24.1. The van der Waals surface area contributed by atoms with Gasteiger partial charge in [0.2, 0.25) is 23.3 Å². The van der Waals surface area contributed by atoms with E-state index in [-0.39, 0.29) is 42.8 Å². The number of aryl methyl sites for hydroxylation is 1. The molecule has 3 heterocycles. The van der Waals surface area contributed by atoms with Gasteiger partial charge in [-0.3, -0.25) is 29.0 Å². The highest BCUT2D eigenvalue weighted by atomic mass is 32.2. The van der Waals surface area contributed by atoms with E-state index in [0.717, 1.165) is 16.9 Å². The molecule has 3 aromatic carbocycles. The average molecular weight is 570 g/mol. The number of nitrogens with one attached hydrogen (secondary N) is 1. The molecule has 0 bridgehead atoms. The Morgan fingerprint density at radius 3 is 2.37 bits per heavy atom. The summed E-state index contributed by atoms with van der Waals surface area (Å²) in [5, 5.41) is 4.85. The van der Waals surface area contributed by atoms with E-state index in [9.17, 15) is 19.2 Å². The standard InChI is InChI=1S/C32H32N4O4S/c1-20-12-14-22(15-13-20)33-26(37)19-35-25-11-7-6-10-23(25)32(31(35)40)28-27(24(34-32)16-17-41-2)29(38)36(30(28)39)18-21-8-4-3-5-9-21/h3-15,24,27-28,34H,16-19H2,1-2H3,(H,33,37)/p+1/t24-,27+,28+,32+/m0/s1. The van der Waals surface area contributed by atoms with Gasteiger partial charge in [0, 0.05) is 17.7 Å². The summed E-state index contributed by atoms with van der Waals surface area (Å²) in [6.45, 7) is 1.95. The number of nitrogens with zero attached hydrogens (tertiary/aromatic N) is 2. The number of benzene rings is 3. The quantitative estimate of drug-likeness (QED) is 0.406. The summed E-state index contributed by atoms with van der Waals surface area (Å²) in [5.74, 6) is -1.84. The Morgan fingerprint density at radius 2 is 1.63 bits per heavy atom. The van der Waals surface area contributed by atoms with Crippen LogP contribution in [0.5, 0.6) is 0 Å². The molecule has 41 heavy (non-hydrogen) atoms. The molecule has 0 radical (unpaired) electrons. The highest BCUT2D eigenvalue weighted by molar-refractivity contribution is 7.98. The molecule has 4 atom stereocenters. The minimum atomic E-state index is -1.30. The van der Waals surface area contributed by atoms with Gasteiger partial charge in [0.15, 0.2) is 0 Å². The highest BCUT2D eigenvalue weighted by Crippen LogP contribution is 2.51. The largest absolute Gasteiger partial charge is 0.326 e. The van der Waals surface area contributed by atoms with E-state index in [1.807, 2.05) is 97.4 Å². The number of rotatable bonds is 8. The molecule has 8 nitrogen and oxygen atoms in total. The number of imide groups is 1. The van der Waals surface area contributed by atoms with Gasteiger partial charge in [-0.05, 0) is 42.7 Å². The van der Waals surface area contributed by atoms with Crippen LogP contribution in [0.3, 0.4) is 0 Å². The molecule has 3 aliphatic rings. The molecule has 0 aliphatic carbocycles. The predicted octanol–water partition coefficient (Wildman–Crippen LogP) is 2.68. The lowest BCUT2D eigenvalue weighted by molar-refractivity contribution is -0.733. The summed E-state index contributed by atoms with van der Waals surface area (Å²) in [6.07, 6.45) is 2.70. The molecule has 9 heteroatoms. The number of hydrogen-bond acceptors (Lipinski definition) is 5. The monoisotopic (exact) mass is 569 g/mol. The molecular weight excluding hydrogens is 536 g/mol. The molecule has 0 aromatic heterocycles. The van der Waals surface area contributed by atoms with Crippen molar-refractivity contribution in [2.24, 2.45) is 11.8 Å². The minimum absolute atomic E-state index is 0.176. The summed E-state index contributed by atoms with van der Waals surface area (Å²) in [7, 11) is 0. The zero-order valence-corrected chi connectivity index (χ0v) is 23.9. The second-order valence-electron chi connectivity index (χ2n) is 11.1. The van der Waals surface area contributed by atoms with Crippen LogP contribution < -0.4 is 15.5 Å². The molecule has 3 aromatic rings. The first-order chi connectivity index (χ1) is 19.8. The van der Waals surface area contributed by atoms with Crippen molar-refractivity contribution in [2.45, 2.75) is 31.5 Å². The average Bonchev–Trinajstić information content (AvgIpc) is 3.53. The zero-order chi connectivity index (χ0) is 28.7. The fraction of sp³-hybridized carbons (Fsp3) is 0.312. The first kappa shape index (κ1) is 27.2. The van der Waals surface area contributed by atoms with E-state index in [2.05, 4.69) is 5.32 Å². The van der Waals surface area contributed by atoms with Gasteiger partial charge in [-0.1, -0.05) is 66.2 Å². The van der Waals surface area contributed by atoms with Crippen LogP contribution in [0.2, 0.25) is 0 Å². The molecule has 1 spiro atoms. The van der Waals surface area contributed by atoms with Gasteiger partial charge in [0.1, 0.15) is 24.4 Å². The summed E-state index contributed by atoms with van der Waals surface area (Å²) in [5.41, 5.74) is 2.59. The number of nitrogens with two attached hydrogens (primary N) is 1. The van der Waals surface area contributed by atoms with Crippen LogP contribution in [0.4, 0.5) is 11.4 Å². The number of carbonyl (C=O) groups is 4. The first-order valence-electron chi connectivity index (χ1n) is 13.9. The maximum atomic E-state index is 14.5. The van der Waals surface area contributed by atoms with E-state index < -0.39 is 17.4 Å². The molecule has 3 aliphatic heterocycles. The van der Waals surface area contributed by atoms with Gasteiger partial charge < -0.3 is 10.6 Å². The fourth-order valence-electron chi connectivity index (χ4n) is 6.75. The van der Waals surface area contributed by atoms with Crippen molar-refractivity contribution in [2.75, 3.05) is 28.8 Å². The van der Waals surface area contributed by atoms with Crippen molar-refractivity contribution < 1.29 is 24.5 Å². The van der Waals surface area contributed by atoms with E-state index in [1.165, 1.54) is 9.80 Å². The lowest BCUT2D eigenvalue weighted by Gasteiger charge is -2.27. The summed E-state index contributed by atoms with van der Waals surface area (Å²) >= 11 is 1.68. The SMILES string of the molecule is CSCC[C@@H]1[NH2+][C@@]2(C(=O)N(CC(=O)Nc3ccc(C)cc3)c3ccccc32)[C@H]2C(=O)N(Cc3ccccc3)C(=O)[C@H]12. The van der Waals surface area contributed by atoms with Crippen molar-refractivity contribution in [1.29, 1.82) is 0 Å². The fourth-order valence-corrected chi connectivity index (χ4v) is 7.26. The van der Waals surface area contributed by atoms with E-state index in [4.69, 9.17) is 0 Å². The zero-order valence-electron chi connectivity index (χ0n) is 23.1. The number of carbonyl (C=O) groups excluding carboxylic acids is 4. The molecular formula is C32H33N4O4S+. The smallest absolute Gasteiger partial charge is 0.294 e. The number of likely N-dealkylation sites (tertiary alicyclic amines) is 1. The number of quaternary nitrogens is 1. The second kappa shape index (κ2) is 10.8. The van der Waals surface area contributed by atoms with Gasteiger partial charge in [0.05, 0.1) is 12.2 Å². The molecule has 210 valence electrons. The van der Waals surface area contributed by atoms with E-state index in [1.54, 1.807) is 11.8 Å². The first-order valence-corrected chi connectivity index (χ1v) is 15.3. The van der Waals surface area contributed by atoms with Crippen LogP contribution in [-0.4, -0.2) is 53.1 Å². The Balaban J connectivity index is 1.36. The molecule has 0 unspecified atom stereocenters. The van der Waals surface area contributed by atoms with Crippen LogP contribution in [0.25, 0.3) is 0 Å². The number of anilines is 2. The highest BCUT2D eigenvalue weighted by Gasteiger charge is 2.75. The van der Waals surface area contributed by atoms with Gasteiger partial charge in [-0.15, -0.1) is 0 Å². The van der Waals surface area contributed by atoms with Crippen molar-refractivity contribution in [3.63, 3.8) is 0 Å². The Labute approximate surface area is 243 Å². The number of amides is 4. The number of fused-ring (bicyclic) bond motifs is 4. The van der Waals surface area contributed by atoms with Gasteiger partial charge in [-0.25, -0.2) is 0 Å². The third-order valence-electron chi connectivity index (χ3n) is 8.59. The molecule has 2 fully saturated rings. The third kappa shape index (κ3) is 4.53. The van der Waals surface area contributed by atoms with Crippen LogP contribution in [0, 0.1) is 18.8 Å². The minimum Gasteiger partial charge on any atom is -0.326 e. The van der Waals surface area contributed by atoms with Crippen LogP contribution in [0.15, 0.2) is 78.9 Å². The molecule has 3 N–H and O–H groups in total. The lowest BCUT2D eigenvalue weighted by atomic mass is 9.76. The molecule has 2 saturated heterocycles. The molecule has 4 amide bonds. The lowest BCUT2D eigenvalue weighted by Crippen LogP contribution is -2.99.